The van der Waals surface area contributed by atoms with Crippen LogP contribution in [0.1, 0.15) is 22.3 Å². The van der Waals surface area contributed by atoms with Gasteiger partial charge in [-0.25, -0.2) is 9.13 Å². The largest absolute Gasteiger partial charge is 0.201 e. The highest BCUT2D eigenvalue weighted by Gasteiger charge is 2.09. The van der Waals surface area contributed by atoms with Gasteiger partial charge in [-0.05, 0) is 22.3 Å². The molecule has 4 rings (SSSR count). The highest BCUT2D eigenvalue weighted by Crippen LogP contribution is 2.17. The zero-order valence-corrected chi connectivity index (χ0v) is 17.1. The normalized spacial score (nSPS) is 10.5. The van der Waals surface area contributed by atoms with Gasteiger partial charge in [0.1, 0.15) is 0 Å². The van der Waals surface area contributed by atoms with E-state index >= 15 is 0 Å². The van der Waals surface area contributed by atoms with E-state index in [9.17, 15) is 0 Å². The highest BCUT2D eigenvalue weighted by molar-refractivity contribution is 5.61. The number of hydrogen-bond donors (Lipinski definition) is 0. The van der Waals surface area contributed by atoms with Crippen molar-refractivity contribution in [2.75, 3.05) is 0 Å². The van der Waals surface area contributed by atoms with Gasteiger partial charge < -0.3 is 0 Å². The molecule has 30 heavy (non-hydrogen) atoms. The van der Waals surface area contributed by atoms with Gasteiger partial charge in [0.05, 0.1) is 0 Å². The van der Waals surface area contributed by atoms with Crippen LogP contribution < -0.4 is 9.13 Å². The second-order valence-electron chi connectivity index (χ2n) is 7.32. The van der Waals surface area contributed by atoms with Crippen molar-refractivity contribution in [2.45, 2.75) is 13.1 Å². The predicted octanol–water partition coefficient (Wildman–Crippen LogP) is 5.31. The minimum Gasteiger partial charge on any atom is -0.201 e. The molecule has 0 fully saturated rings. The smallest absolute Gasteiger partial charge is 0.174 e. The molecule has 0 atom stereocenters. The van der Waals surface area contributed by atoms with Crippen LogP contribution >= 0.6 is 0 Å². The summed E-state index contributed by atoms with van der Waals surface area (Å²) in [5.74, 6) is 0. The van der Waals surface area contributed by atoms with Crippen molar-refractivity contribution in [3.05, 3.63) is 133 Å². The summed E-state index contributed by atoms with van der Waals surface area (Å²) < 4.78 is 4.39. The van der Waals surface area contributed by atoms with Crippen LogP contribution in [0.5, 0.6) is 0 Å². The number of benzene rings is 2. The Balaban J connectivity index is 1.48. The van der Waals surface area contributed by atoms with Crippen molar-refractivity contribution < 1.29 is 9.13 Å². The fraction of sp³-hybridized carbons (Fsp3) is 0.0714. The number of pyridine rings is 2. The molecule has 0 N–H and O–H groups in total. The van der Waals surface area contributed by atoms with Gasteiger partial charge in [0, 0.05) is 35.4 Å². The van der Waals surface area contributed by atoms with Crippen LogP contribution in [-0.4, -0.2) is 0 Å². The van der Waals surface area contributed by atoms with Crippen LogP contribution in [0.4, 0.5) is 0 Å². The Labute approximate surface area is 178 Å². The molecular weight excluding hydrogens is 364 g/mol. The van der Waals surface area contributed by atoms with Crippen molar-refractivity contribution in [1.82, 2.24) is 0 Å². The molecule has 2 nitrogen and oxygen atoms in total. The van der Waals surface area contributed by atoms with Crippen LogP contribution in [0.3, 0.4) is 0 Å². The molecule has 0 unspecified atom stereocenters. The lowest BCUT2D eigenvalue weighted by Gasteiger charge is -2.05. The molecule has 0 bridgehead atoms. The van der Waals surface area contributed by atoms with Gasteiger partial charge in [-0.15, -0.1) is 0 Å². The minimum absolute atomic E-state index is 0.833. The summed E-state index contributed by atoms with van der Waals surface area (Å²) in [6, 6.07) is 25.4. The van der Waals surface area contributed by atoms with Crippen LogP contribution in [-0.2, 0) is 13.1 Å². The zero-order valence-electron chi connectivity index (χ0n) is 17.1. The monoisotopic (exact) mass is 390 g/mol. The summed E-state index contributed by atoms with van der Waals surface area (Å²) in [5.41, 5.74) is 7.32. The number of aromatic nitrogens is 2. The summed E-state index contributed by atoms with van der Waals surface area (Å²) in [7, 11) is 0. The van der Waals surface area contributed by atoms with E-state index < -0.39 is 0 Å². The molecule has 0 saturated heterocycles. The first-order valence-electron chi connectivity index (χ1n) is 10.2. The van der Waals surface area contributed by atoms with Crippen molar-refractivity contribution >= 4 is 12.2 Å². The summed E-state index contributed by atoms with van der Waals surface area (Å²) >= 11 is 0. The molecule has 0 saturated carbocycles. The lowest BCUT2D eigenvalue weighted by atomic mass is 10.1. The van der Waals surface area contributed by atoms with Crippen molar-refractivity contribution in [3.63, 3.8) is 0 Å². The summed E-state index contributed by atoms with van der Waals surface area (Å²) in [5, 5.41) is 0. The van der Waals surface area contributed by atoms with Gasteiger partial charge in [0.2, 0.25) is 0 Å². The van der Waals surface area contributed by atoms with Gasteiger partial charge in [-0.2, -0.15) is 0 Å². The van der Waals surface area contributed by atoms with E-state index in [4.69, 9.17) is 0 Å². The molecule has 0 aliphatic rings. The van der Waals surface area contributed by atoms with Crippen LogP contribution in [0.15, 0.2) is 111 Å². The number of hydrogen-bond acceptors (Lipinski definition) is 0. The van der Waals surface area contributed by atoms with E-state index in [2.05, 4.69) is 108 Å². The number of nitrogens with zero attached hydrogens (tertiary/aromatic N) is 2. The maximum absolute atomic E-state index is 3.91. The van der Waals surface area contributed by atoms with E-state index in [1.807, 2.05) is 24.3 Å². The molecule has 0 spiro atoms. The molecule has 2 heteroatoms. The number of rotatable bonds is 7. The quantitative estimate of drug-likeness (QED) is 0.378. The molecule has 0 aliphatic carbocycles. The fourth-order valence-corrected chi connectivity index (χ4v) is 3.66. The lowest BCUT2D eigenvalue weighted by Crippen LogP contribution is -2.34. The zero-order chi connectivity index (χ0) is 20.8. The molecule has 2 aromatic heterocycles. The Hall–Kier alpha value is -3.78. The predicted molar refractivity (Wildman–Crippen MR) is 124 cm³/mol. The Morgan fingerprint density at radius 1 is 0.533 bits per heavy atom. The van der Waals surface area contributed by atoms with Gasteiger partial charge in [0.15, 0.2) is 37.9 Å². The maximum Gasteiger partial charge on any atom is 0.174 e. The molecule has 4 aromatic rings. The summed E-state index contributed by atoms with van der Waals surface area (Å²) in [6.45, 7) is 9.49. The third-order valence-corrected chi connectivity index (χ3v) is 5.37. The van der Waals surface area contributed by atoms with Crippen LogP contribution in [0.25, 0.3) is 23.3 Å². The molecule has 0 aliphatic heterocycles. The van der Waals surface area contributed by atoms with E-state index in [0.29, 0.717) is 0 Å². The molecular formula is C28H26N2+2. The Bertz CT molecular complexity index is 1060. The topological polar surface area (TPSA) is 7.76 Å². The minimum atomic E-state index is 0.833. The van der Waals surface area contributed by atoms with Crippen molar-refractivity contribution in [2.24, 2.45) is 0 Å². The first-order chi connectivity index (χ1) is 14.8. The van der Waals surface area contributed by atoms with E-state index in [-0.39, 0.29) is 0 Å². The second kappa shape index (κ2) is 9.15. The van der Waals surface area contributed by atoms with Crippen molar-refractivity contribution in [1.29, 1.82) is 0 Å². The maximum atomic E-state index is 3.91. The average molecular weight is 391 g/mol. The first kappa shape index (κ1) is 19.5. The highest BCUT2D eigenvalue weighted by atomic mass is 14.9. The van der Waals surface area contributed by atoms with Gasteiger partial charge >= 0.3 is 0 Å². The second-order valence-corrected chi connectivity index (χ2v) is 7.32. The third-order valence-electron chi connectivity index (χ3n) is 5.37. The van der Waals surface area contributed by atoms with Gasteiger partial charge in [-0.1, -0.05) is 73.8 Å². The average Bonchev–Trinajstić information content (AvgIpc) is 2.81. The van der Waals surface area contributed by atoms with Crippen LogP contribution in [0.2, 0.25) is 0 Å². The SMILES string of the molecule is C=Cc1ccccc1C[n+]1ccc(-c2cc[n+](Cc3ccccc3C=C)cc2)cc1. The molecule has 0 radical (unpaired) electrons. The van der Waals surface area contributed by atoms with E-state index in [1.54, 1.807) is 0 Å². The molecule has 146 valence electrons. The molecule has 2 heterocycles. The lowest BCUT2D eigenvalue weighted by molar-refractivity contribution is -0.688. The Kier molecular flexibility index (Phi) is 5.95. The van der Waals surface area contributed by atoms with E-state index in [1.165, 1.54) is 33.4 Å². The fourth-order valence-electron chi connectivity index (χ4n) is 3.66. The standard InChI is InChI=1S/C28H26N2/c1-3-23-9-5-7-11-27(23)21-29-17-13-25(14-18-29)26-15-19-30(20-16-26)22-28-12-8-6-10-24(28)4-2/h3-20H,1-2,21-22H2/q+2. The Morgan fingerprint density at radius 2 is 0.900 bits per heavy atom. The van der Waals surface area contributed by atoms with Crippen molar-refractivity contribution in [3.8, 4) is 11.1 Å². The summed E-state index contributed by atoms with van der Waals surface area (Å²) in [6.07, 6.45) is 12.4. The third kappa shape index (κ3) is 4.44. The van der Waals surface area contributed by atoms with E-state index in [0.717, 1.165) is 13.1 Å². The Morgan fingerprint density at radius 3 is 1.27 bits per heavy atom. The van der Waals surface area contributed by atoms with Gasteiger partial charge in [0.25, 0.3) is 0 Å². The summed E-state index contributed by atoms with van der Waals surface area (Å²) in [4.78, 5) is 0. The molecule has 2 aromatic carbocycles. The molecule has 0 amide bonds. The van der Waals surface area contributed by atoms with Gasteiger partial charge in [-0.3, -0.25) is 0 Å². The first-order valence-corrected chi connectivity index (χ1v) is 10.2. The van der Waals surface area contributed by atoms with Crippen LogP contribution in [0, 0.1) is 0 Å².